The molecule has 5 nitrogen and oxygen atoms in total. The van der Waals surface area contributed by atoms with Crippen molar-refractivity contribution in [3.05, 3.63) is 30.2 Å². The summed E-state index contributed by atoms with van der Waals surface area (Å²) in [7, 11) is 0. The third-order valence-electron chi connectivity index (χ3n) is 3.01. The first-order valence-corrected chi connectivity index (χ1v) is 7.08. The van der Waals surface area contributed by atoms with Gasteiger partial charge in [0.05, 0.1) is 12.6 Å². The highest BCUT2D eigenvalue weighted by Gasteiger charge is 2.16. The second kappa shape index (κ2) is 7.05. The summed E-state index contributed by atoms with van der Waals surface area (Å²) in [6.07, 6.45) is 0.915. The lowest BCUT2D eigenvalue weighted by Gasteiger charge is -2.10. The number of hydrogen-bond donors (Lipinski definition) is 1. The van der Waals surface area contributed by atoms with Crippen molar-refractivity contribution in [2.24, 2.45) is 0 Å². The molecule has 0 saturated heterocycles. The van der Waals surface area contributed by atoms with E-state index in [0.29, 0.717) is 18.4 Å². The Balaban J connectivity index is 2.15. The van der Waals surface area contributed by atoms with E-state index in [1.807, 2.05) is 31.2 Å². The van der Waals surface area contributed by atoms with E-state index < -0.39 is 0 Å². The summed E-state index contributed by atoms with van der Waals surface area (Å²) in [6, 6.07) is 7.78. The molecule has 2 rings (SSSR count). The zero-order valence-corrected chi connectivity index (χ0v) is 12.2. The molecule has 0 spiro atoms. The molecule has 0 fully saturated rings. The van der Waals surface area contributed by atoms with Gasteiger partial charge < -0.3 is 14.5 Å². The van der Waals surface area contributed by atoms with Crippen molar-refractivity contribution in [1.82, 2.24) is 15.5 Å². The molecule has 0 saturated carbocycles. The lowest BCUT2D eigenvalue weighted by Crippen LogP contribution is -2.20. The van der Waals surface area contributed by atoms with Crippen LogP contribution in [0, 0.1) is 0 Å². The van der Waals surface area contributed by atoms with Gasteiger partial charge in [0.1, 0.15) is 5.75 Å². The number of ether oxygens (including phenoxy) is 1. The smallest absolute Gasteiger partial charge is 0.247 e. The average molecular weight is 275 g/mol. The highest BCUT2D eigenvalue weighted by molar-refractivity contribution is 5.53. The molecule has 1 N–H and O–H groups in total. The number of rotatable bonds is 7. The van der Waals surface area contributed by atoms with Gasteiger partial charge in [-0.3, -0.25) is 0 Å². The van der Waals surface area contributed by atoms with Crippen LogP contribution in [0.15, 0.2) is 28.7 Å². The van der Waals surface area contributed by atoms with Crippen LogP contribution in [0.25, 0.3) is 11.5 Å². The van der Waals surface area contributed by atoms with Crippen molar-refractivity contribution >= 4 is 0 Å². The molecule has 0 bridgehead atoms. The van der Waals surface area contributed by atoms with Gasteiger partial charge in [-0.2, -0.15) is 0 Å². The maximum atomic E-state index is 5.75. The molecule has 1 aromatic heterocycles. The highest BCUT2D eigenvalue weighted by Crippen LogP contribution is 2.24. The standard InChI is InChI=1S/C15H21N3O2/c1-4-13(16-5-2)15-18-17-14(20-15)11-7-9-12(10-8-11)19-6-3/h7-10,13,16H,4-6H2,1-3H3. The zero-order chi connectivity index (χ0) is 14.4. The third kappa shape index (κ3) is 3.36. The van der Waals surface area contributed by atoms with Crippen LogP contribution in [0.5, 0.6) is 5.75 Å². The van der Waals surface area contributed by atoms with Crippen molar-refractivity contribution in [2.75, 3.05) is 13.2 Å². The van der Waals surface area contributed by atoms with E-state index in [4.69, 9.17) is 9.15 Å². The largest absolute Gasteiger partial charge is 0.494 e. The Hall–Kier alpha value is -1.88. The number of nitrogens with zero attached hydrogens (tertiary/aromatic N) is 2. The Morgan fingerprint density at radius 2 is 1.90 bits per heavy atom. The Kier molecular flexibility index (Phi) is 5.12. The molecule has 1 aromatic carbocycles. The van der Waals surface area contributed by atoms with Crippen LogP contribution in [0.2, 0.25) is 0 Å². The van der Waals surface area contributed by atoms with Gasteiger partial charge in [0.15, 0.2) is 0 Å². The normalized spacial score (nSPS) is 12.3. The fourth-order valence-electron chi connectivity index (χ4n) is 2.01. The zero-order valence-electron chi connectivity index (χ0n) is 12.2. The van der Waals surface area contributed by atoms with Gasteiger partial charge >= 0.3 is 0 Å². The summed E-state index contributed by atoms with van der Waals surface area (Å²) in [6.45, 7) is 7.65. The van der Waals surface area contributed by atoms with Gasteiger partial charge in [0.25, 0.3) is 0 Å². The minimum atomic E-state index is 0.115. The number of nitrogens with one attached hydrogen (secondary N) is 1. The van der Waals surface area contributed by atoms with Crippen molar-refractivity contribution < 1.29 is 9.15 Å². The first kappa shape index (κ1) is 14.5. The fraction of sp³-hybridized carbons (Fsp3) is 0.467. The molecule has 1 heterocycles. The lowest BCUT2D eigenvalue weighted by atomic mass is 10.2. The van der Waals surface area contributed by atoms with Crippen molar-refractivity contribution in [2.45, 2.75) is 33.2 Å². The van der Waals surface area contributed by atoms with Crippen molar-refractivity contribution in [3.8, 4) is 17.2 Å². The van der Waals surface area contributed by atoms with E-state index in [-0.39, 0.29) is 6.04 Å². The summed E-state index contributed by atoms with van der Waals surface area (Å²) < 4.78 is 11.2. The molecule has 0 radical (unpaired) electrons. The van der Waals surface area contributed by atoms with Crippen LogP contribution in [0.1, 0.15) is 39.1 Å². The van der Waals surface area contributed by atoms with E-state index in [1.165, 1.54) is 0 Å². The monoisotopic (exact) mass is 275 g/mol. The average Bonchev–Trinajstić information content (AvgIpc) is 2.95. The van der Waals surface area contributed by atoms with Gasteiger partial charge in [0.2, 0.25) is 11.8 Å². The first-order valence-electron chi connectivity index (χ1n) is 7.08. The number of aromatic nitrogens is 2. The Morgan fingerprint density at radius 1 is 1.15 bits per heavy atom. The van der Waals surface area contributed by atoms with E-state index in [2.05, 4.69) is 29.4 Å². The minimum Gasteiger partial charge on any atom is -0.494 e. The molecule has 0 aliphatic carbocycles. The van der Waals surface area contributed by atoms with Crippen molar-refractivity contribution in [3.63, 3.8) is 0 Å². The SMILES string of the molecule is CCNC(CC)c1nnc(-c2ccc(OCC)cc2)o1. The third-order valence-corrected chi connectivity index (χ3v) is 3.01. The molecule has 0 aliphatic heterocycles. The summed E-state index contributed by atoms with van der Waals surface area (Å²) in [5.41, 5.74) is 0.901. The molecular formula is C15H21N3O2. The summed E-state index contributed by atoms with van der Waals surface area (Å²) in [5, 5.41) is 11.6. The van der Waals surface area contributed by atoms with Gasteiger partial charge in [-0.25, -0.2) is 0 Å². The van der Waals surface area contributed by atoms with E-state index >= 15 is 0 Å². The molecule has 108 valence electrons. The van der Waals surface area contributed by atoms with E-state index in [1.54, 1.807) is 0 Å². The molecule has 5 heteroatoms. The van der Waals surface area contributed by atoms with Gasteiger partial charge in [-0.1, -0.05) is 13.8 Å². The lowest BCUT2D eigenvalue weighted by molar-refractivity contribution is 0.340. The summed E-state index contributed by atoms with van der Waals surface area (Å²) >= 11 is 0. The Labute approximate surface area is 119 Å². The number of hydrogen-bond acceptors (Lipinski definition) is 5. The highest BCUT2D eigenvalue weighted by atomic mass is 16.5. The van der Waals surface area contributed by atoms with Gasteiger partial charge in [0, 0.05) is 5.56 Å². The second-order valence-electron chi connectivity index (χ2n) is 4.42. The second-order valence-corrected chi connectivity index (χ2v) is 4.42. The predicted molar refractivity (Wildman–Crippen MR) is 77.6 cm³/mol. The summed E-state index contributed by atoms with van der Waals surface area (Å²) in [5.74, 6) is 2.02. The predicted octanol–water partition coefficient (Wildman–Crippen LogP) is 3.20. The molecule has 20 heavy (non-hydrogen) atoms. The van der Waals surface area contributed by atoms with Crippen LogP contribution < -0.4 is 10.1 Å². The topological polar surface area (TPSA) is 60.2 Å². The van der Waals surface area contributed by atoms with Crippen LogP contribution >= 0.6 is 0 Å². The molecule has 2 aromatic rings. The maximum absolute atomic E-state index is 5.75. The molecule has 1 atom stereocenters. The maximum Gasteiger partial charge on any atom is 0.247 e. The molecule has 0 aliphatic rings. The van der Waals surface area contributed by atoms with Crippen LogP contribution in [0.3, 0.4) is 0 Å². The molecule has 0 amide bonds. The Morgan fingerprint density at radius 3 is 2.50 bits per heavy atom. The molecular weight excluding hydrogens is 254 g/mol. The summed E-state index contributed by atoms with van der Waals surface area (Å²) in [4.78, 5) is 0. The molecule has 1 unspecified atom stereocenters. The van der Waals surface area contributed by atoms with E-state index in [9.17, 15) is 0 Å². The van der Waals surface area contributed by atoms with Crippen LogP contribution in [0.4, 0.5) is 0 Å². The first-order chi connectivity index (χ1) is 9.78. The van der Waals surface area contributed by atoms with Gasteiger partial charge in [-0.05, 0) is 44.2 Å². The Bertz CT molecular complexity index is 522. The van der Waals surface area contributed by atoms with E-state index in [0.717, 1.165) is 24.3 Å². The fourth-order valence-corrected chi connectivity index (χ4v) is 2.01. The quantitative estimate of drug-likeness (QED) is 0.840. The number of benzene rings is 1. The minimum absolute atomic E-state index is 0.115. The van der Waals surface area contributed by atoms with Crippen LogP contribution in [-0.2, 0) is 0 Å². The van der Waals surface area contributed by atoms with Crippen molar-refractivity contribution in [1.29, 1.82) is 0 Å². The van der Waals surface area contributed by atoms with Crippen LogP contribution in [-0.4, -0.2) is 23.3 Å². The van der Waals surface area contributed by atoms with Gasteiger partial charge in [-0.15, -0.1) is 10.2 Å².